The van der Waals surface area contributed by atoms with E-state index in [4.69, 9.17) is 32.7 Å². The van der Waals surface area contributed by atoms with Crippen LogP contribution in [0.3, 0.4) is 0 Å². The third-order valence-corrected chi connectivity index (χ3v) is 4.99. The van der Waals surface area contributed by atoms with E-state index in [1.807, 2.05) is 0 Å². The molecule has 2 aromatic rings. The molecule has 0 bridgehead atoms. The van der Waals surface area contributed by atoms with Gasteiger partial charge in [0.1, 0.15) is 12.4 Å². The van der Waals surface area contributed by atoms with Crippen molar-refractivity contribution in [3.8, 4) is 5.75 Å². The maximum atomic E-state index is 12.8. The number of alkyl halides is 3. The van der Waals surface area contributed by atoms with Crippen LogP contribution in [0.4, 0.5) is 29.3 Å². The second-order valence-corrected chi connectivity index (χ2v) is 7.99. The number of benzene rings is 2. The van der Waals surface area contributed by atoms with Crippen LogP contribution in [0.5, 0.6) is 5.75 Å². The molecule has 170 valence electrons. The molecule has 2 aromatic carbocycles. The number of anilines is 2. The fraction of sp³-hybridized carbons (Fsp3) is 0.238. The van der Waals surface area contributed by atoms with Crippen molar-refractivity contribution in [2.24, 2.45) is 0 Å². The van der Waals surface area contributed by atoms with E-state index in [-0.39, 0.29) is 22.3 Å². The Labute approximate surface area is 191 Å². The number of fused-ring (bicyclic) bond motifs is 1. The van der Waals surface area contributed by atoms with Crippen LogP contribution in [0.1, 0.15) is 25.0 Å². The Bertz CT molecular complexity index is 1080. The Morgan fingerprint density at radius 1 is 1.12 bits per heavy atom. The zero-order chi connectivity index (χ0) is 23.7. The largest absolute Gasteiger partial charge is 0.479 e. The van der Waals surface area contributed by atoms with Crippen LogP contribution in [0, 0.1) is 0 Å². The number of amides is 2. The van der Waals surface area contributed by atoms with Crippen molar-refractivity contribution in [1.82, 2.24) is 0 Å². The lowest BCUT2D eigenvalue weighted by molar-refractivity contribution is -0.145. The van der Waals surface area contributed by atoms with Crippen LogP contribution in [0.25, 0.3) is 6.08 Å². The SMILES string of the molecule is CC(=O)OCC1(C)C=Cc2cc(NC(=O)Nc3c(Cl)cc(C(F)(F)F)cc3Cl)ccc2O1. The summed E-state index contributed by atoms with van der Waals surface area (Å²) in [6, 6.07) is 5.42. The first kappa shape index (κ1) is 23.7. The summed E-state index contributed by atoms with van der Waals surface area (Å²) in [5.74, 6) is 0.0924. The summed E-state index contributed by atoms with van der Waals surface area (Å²) in [5.41, 5.74) is -0.964. The van der Waals surface area contributed by atoms with Crippen LogP contribution in [-0.4, -0.2) is 24.2 Å². The van der Waals surface area contributed by atoms with Crippen molar-refractivity contribution < 1.29 is 32.2 Å². The monoisotopic (exact) mass is 488 g/mol. The van der Waals surface area contributed by atoms with E-state index in [9.17, 15) is 22.8 Å². The minimum absolute atomic E-state index is 0.0370. The lowest BCUT2D eigenvalue weighted by Crippen LogP contribution is -2.37. The Kier molecular flexibility index (Phi) is 6.61. The number of halogens is 5. The number of hydrogen-bond donors (Lipinski definition) is 2. The molecule has 0 radical (unpaired) electrons. The highest BCUT2D eigenvalue weighted by molar-refractivity contribution is 6.40. The lowest BCUT2D eigenvalue weighted by Gasteiger charge is -2.31. The van der Waals surface area contributed by atoms with Crippen molar-refractivity contribution >= 4 is 52.7 Å². The normalized spacial score (nSPS) is 17.2. The van der Waals surface area contributed by atoms with Crippen molar-refractivity contribution in [3.63, 3.8) is 0 Å². The van der Waals surface area contributed by atoms with Gasteiger partial charge in [-0.3, -0.25) is 4.79 Å². The number of carbonyl (C=O) groups excluding carboxylic acids is 2. The van der Waals surface area contributed by atoms with E-state index in [1.54, 1.807) is 37.3 Å². The van der Waals surface area contributed by atoms with Gasteiger partial charge in [0, 0.05) is 18.2 Å². The Morgan fingerprint density at radius 3 is 2.38 bits per heavy atom. The maximum absolute atomic E-state index is 12.8. The summed E-state index contributed by atoms with van der Waals surface area (Å²) in [6.07, 6.45) is -1.14. The topological polar surface area (TPSA) is 76.7 Å². The molecule has 1 unspecified atom stereocenters. The second kappa shape index (κ2) is 8.91. The van der Waals surface area contributed by atoms with Crippen LogP contribution < -0.4 is 15.4 Å². The molecule has 0 aromatic heterocycles. The Balaban J connectivity index is 1.70. The zero-order valence-corrected chi connectivity index (χ0v) is 18.3. The Morgan fingerprint density at radius 2 is 1.78 bits per heavy atom. The Hall–Kier alpha value is -2.91. The van der Waals surface area contributed by atoms with Crippen molar-refractivity contribution in [2.45, 2.75) is 25.6 Å². The first-order valence-electron chi connectivity index (χ1n) is 9.16. The second-order valence-electron chi connectivity index (χ2n) is 7.17. The molecule has 1 atom stereocenters. The molecule has 2 N–H and O–H groups in total. The first-order chi connectivity index (χ1) is 14.9. The predicted molar refractivity (Wildman–Crippen MR) is 115 cm³/mol. The number of ether oxygens (including phenoxy) is 2. The minimum Gasteiger partial charge on any atom is -0.479 e. The van der Waals surface area contributed by atoms with E-state index < -0.39 is 29.3 Å². The minimum atomic E-state index is -4.62. The summed E-state index contributed by atoms with van der Waals surface area (Å²) in [4.78, 5) is 23.4. The van der Waals surface area contributed by atoms with E-state index in [0.29, 0.717) is 29.1 Å². The average Bonchev–Trinajstić information content (AvgIpc) is 2.68. The average molecular weight is 489 g/mol. The molecule has 0 spiro atoms. The standard InChI is InChI=1S/C21H17Cl2F3N2O4/c1-11(29)31-10-20(2)6-5-12-7-14(3-4-17(12)32-20)27-19(30)28-18-15(22)8-13(9-16(18)23)21(24,25)26/h3-9H,10H2,1-2H3,(H2,27,28,30). The van der Waals surface area contributed by atoms with Gasteiger partial charge in [-0.25, -0.2) is 4.79 Å². The molecule has 1 aliphatic rings. The molecule has 1 heterocycles. The van der Waals surface area contributed by atoms with Gasteiger partial charge in [-0.1, -0.05) is 29.3 Å². The fourth-order valence-corrected chi connectivity index (χ4v) is 3.44. The van der Waals surface area contributed by atoms with Crippen LogP contribution >= 0.6 is 23.2 Å². The molecule has 0 saturated heterocycles. The highest BCUT2D eigenvalue weighted by atomic mass is 35.5. The predicted octanol–water partition coefficient (Wildman–Crippen LogP) is 6.38. The highest BCUT2D eigenvalue weighted by Gasteiger charge is 2.32. The third kappa shape index (κ3) is 5.66. The van der Waals surface area contributed by atoms with Crippen LogP contribution in [0.2, 0.25) is 10.0 Å². The van der Waals surface area contributed by atoms with E-state index >= 15 is 0 Å². The highest BCUT2D eigenvalue weighted by Crippen LogP contribution is 2.39. The number of nitrogens with one attached hydrogen (secondary N) is 2. The molecule has 32 heavy (non-hydrogen) atoms. The summed E-state index contributed by atoms with van der Waals surface area (Å²) in [7, 11) is 0. The van der Waals surface area contributed by atoms with Gasteiger partial charge in [0.15, 0.2) is 5.60 Å². The fourth-order valence-electron chi connectivity index (χ4n) is 2.86. The van der Waals surface area contributed by atoms with Crippen molar-refractivity contribution in [3.05, 3.63) is 57.6 Å². The molecular weight excluding hydrogens is 472 g/mol. The smallest absolute Gasteiger partial charge is 0.416 e. The van der Waals surface area contributed by atoms with Gasteiger partial charge >= 0.3 is 18.2 Å². The number of esters is 1. The first-order valence-corrected chi connectivity index (χ1v) is 9.92. The quantitative estimate of drug-likeness (QED) is 0.489. The lowest BCUT2D eigenvalue weighted by atomic mass is 10.0. The van der Waals surface area contributed by atoms with Gasteiger partial charge in [-0.05, 0) is 43.3 Å². The number of rotatable bonds is 4. The molecule has 0 aliphatic carbocycles. The number of carbonyl (C=O) groups is 2. The molecule has 11 heteroatoms. The van der Waals surface area contributed by atoms with Gasteiger partial charge < -0.3 is 20.1 Å². The van der Waals surface area contributed by atoms with E-state index in [2.05, 4.69) is 10.6 Å². The maximum Gasteiger partial charge on any atom is 0.416 e. The molecule has 0 saturated carbocycles. The van der Waals surface area contributed by atoms with Crippen LogP contribution in [-0.2, 0) is 15.7 Å². The zero-order valence-electron chi connectivity index (χ0n) is 16.8. The van der Waals surface area contributed by atoms with Gasteiger partial charge in [0.25, 0.3) is 0 Å². The van der Waals surface area contributed by atoms with E-state index in [0.717, 1.165) is 0 Å². The van der Waals surface area contributed by atoms with Gasteiger partial charge in [0.05, 0.1) is 21.3 Å². The molecule has 6 nitrogen and oxygen atoms in total. The number of hydrogen-bond acceptors (Lipinski definition) is 4. The summed E-state index contributed by atoms with van der Waals surface area (Å²) < 4.78 is 49.4. The van der Waals surface area contributed by atoms with Crippen molar-refractivity contribution in [2.75, 3.05) is 17.2 Å². The summed E-state index contributed by atoms with van der Waals surface area (Å²) in [5, 5.41) is 4.19. The molecule has 2 amide bonds. The summed E-state index contributed by atoms with van der Waals surface area (Å²) >= 11 is 11.7. The van der Waals surface area contributed by atoms with E-state index in [1.165, 1.54) is 6.92 Å². The summed E-state index contributed by atoms with van der Waals surface area (Å²) in [6.45, 7) is 3.10. The molecule has 0 fully saturated rings. The van der Waals surface area contributed by atoms with Gasteiger partial charge in [0.2, 0.25) is 0 Å². The van der Waals surface area contributed by atoms with Gasteiger partial charge in [-0.15, -0.1) is 0 Å². The molecular formula is C21H17Cl2F3N2O4. The van der Waals surface area contributed by atoms with Crippen molar-refractivity contribution in [1.29, 1.82) is 0 Å². The molecule has 1 aliphatic heterocycles. The number of urea groups is 1. The van der Waals surface area contributed by atoms with Gasteiger partial charge in [-0.2, -0.15) is 13.2 Å². The van der Waals surface area contributed by atoms with Crippen LogP contribution in [0.15, 0.2) is 36.4 Å². The third-order valence-electron chi connectivity index (χ3n) is 4.40. The molecule has 3 rings (SSSR count).